The van der Waals surface area contributed by atoms with Crippen molar-refractivity contribution in [3.05, 3.63) is 45.9 Å². The topological polar surface area (TPSA) is 96.4 Å². The van der Waals surface area contributed by atoms with E-state index in [-0.39, 0.29) is 22.6 Å². The van der Waals surface area contributed by atoms with Crippen LogP contribution in [0.2, 0.25) is 0 Å². The first-order valence-electron chi connectivity index (χ1n) is 5.62. The Hall–Kier alpha value is -1.77. The molecule has 6 nitrogen and oxygen atoms in total. The van der Waals surface area contributed by atoms with Gasteiger partial charge in [0.15, 0.2) is 0 Å². The van der Waals surface area contributed by atoms with Crippen molar-refractivity contribution in [1.29, 1.82) is 0 Å². The summed E-state index contributed by atoms with van der Waals surface area (Å²) in [5.74, 6) is -1.15. The zero-order valence-electron chi connectivity index (χ0n) is 10.5. The van der Waals surface area contributed by atoms with E-state index in [0.717, 1.165) is 4.88 Å². The standard InChI is InChI=1S/C12H12N2O4S2/c1-8-10(12(15)16)3-2-4-11(8)20(17,18)14-6-9-5-13-7-19-9/h2-5,7,14H,6H2,1H3,(H,15,16). The Morgan fingerprint density at radius 3 is 2.80 bits per heavy atom. The average Bonchev–Trinajstić information content (AvgIpc) is 2.89. The van der Waals surface area contributed by atoms with E-state index in [1.807, 2.05) is 0 Å². The average molecular weight is 312 g/mol. The number of nitrogens with zero attached hydrogens (tertiary/aromatic N) is 1. The van der Waals surface area contributed by atoms with E-state index in [1.165, 1.54) is 36.5 Å². The predicted molar refractivity (Wildman–Crippen MR) is 74.3 cm³/mol. The van der Waals surface area contributed by atoms with Crippen LogP contribution in [0.15, 0.2) is 34.8 Å². The molecule has 0 atom stereocenters. The van der Waals surface area contributed by atoms with E-state index in [4.69, 9.17) is 5.11 Å². The van der Waals surface area contributed by atoms with Gasteiger partial charge in [0.25, 0.3) is 0 Å². The molecule has 0 radical (unpaired) electrons. The van der Waals surface area contributed by atoms with Gasteiger partial charge in [0.05, 0.1) is 16.0 Å². The van der Waals surface area contributed by atoms with E-state index in [9.17, 15) is 13.2 Å². The maximum absolute atomic E-state index is 12.2. The number of carboxylic acids is 1. The number of carboxylic acid groups (broad SMARTS) is 1. The van der Waals surface area contributed by atoms with Crippen LogP contribution in [0.5, 0.6) is 0 Å². The third-order valence-corrected chi connectivity index (χ3v) is 5.05. The quantitative estimate of drug-likeness (QED) is 0.874. The number of nitrogens with one attached hydrogen (secondary N) is 1. The highest BCUT2D eigenvalue weighted by Gasteiger charge is 2.20. The normalized spacial score (nSPS) is 11.4. The second kappa shape index (κ2) is 5.70. The number of hydrogen-bond acceptors (Lipinski definition) is 5. The van der Waals surface area contributed by atoms with Crippen LogP contribution >= 0.6 is 11.3 Å². The molecule has 0 spiro atoms. The molecule has 2 N–H and O–H groups in total. The smallest absolute Gasteiger partial charge is 0.335 e. The molecular formula is C12H12N2O4S2. The van der Waals surface area contributed by atoms with Crippen LogP contribution in [-0.4, -0.2) is 24.5 Å². The summed E-state index contributed by atoms with van der Waals surface area (Å²) in [7, 11) is -3.76. The second-order valence-electron chi connectivity index (χ2n) is 4.03. The first kappa shape index (κ1) is 14.6. The Morgan fingerprint density at radius 2 is 2.20 bits per heavy atom. The number of rotatable bonds is 5. The van der Waals surface area contributed by atoms with Gasteiger partial charge in [-0.05, 0) is 24.6 Å². The number of sulfonamides is 1. The lowest BCUT2D eigenvalue weighted by Crippen LogP contribution is -2.24. The summed E-state index contributed by atoms with van der Waals surface area (Å²) in [5.41, 5.74) is 1.81. The fraction of sp³-hybridized carbons (Fsp3) is 0.167. The molecule has 0 aliphatic heterocycles. The van der Waals surface area contributed by atoms with Crippen molar-refractivity contribution in [1.82, 2.24) is 9.71 Å². The number of carbonyl (C=O) groups is 1. The van der Waals surface area contributed by atoms with E-state index >= 15 is 0 Å². The van der Waals surface area contributed by atoms with Crippen LogP contribution < -0.4 is 4.72 Å². The van der Waals surface area contributed by atoms with Crippen molar-refractivity contribution >= 4 is 27.3 Å². The molecule has 1 heterocycles. The van der Waals surface area contributed by atoms with Gasteiger partial charge >= 0.3 is 5.97 Å². The van der Waals surface area contributed by atoms with Gasteiger partial charge in [0.1, 0.15) is 0 Å². The Bertz CT molecular complexity index is 724. The number of aromatic carboxylic acids is 1. The zero-order valence-corrected chi connectivity index (χ0v) is 12.2. The number of hydrogen-bond donors (Lipinski definition) is 2. The molecule has 2 rings (SSSR count). The molecule has 20 heavy (non-hydrogen) atoms. The molecular weight excluding hydrogens is 300 g/mol. The van der Waals surface area contributed by atoms with Crippen LogP contribution in [0, 0.1) is 6.92 Å². The highest BCUT2D eigenvalue weighted by Crippen LogP contribution is 2.19. The van der Waals surface area contributed by atoms with Gasteiger partial charge < -0.3 is 5.11 Å². The van der Waals surface area contributed by atoms with Crippen LogP contribution in [0.3, 0.4) is 0 Å². The minimum absolute atomic E-state index is 0.0225. The van der Waals surface area contributed by atoms with Crippen molar-refractivity contribution in [2.75, 3.05) is 0 Å². The summed E-state index contributed by atoms with van der Waals surface area (Å²) in [5, 5.41) is 9.01. The Balaban J connectivity index is 2.30. The Labute approximate surface area is 120 Å². The lowest BCUT2D eigenvalue weighted by atomic mass is 10.1. The van der Waals surface area contributed by atoms with E-state index in [0.29, 0.717) is 0 Å². The number of thiazole rings is 1. The summed E-state index contributed by atoms with van der Waals surface area (Å²) >= 11 is 1.34. The molecule has 8 heteroatoms. The third-order valence-electron chi connectivity index (χ3n) is 2.72. The highest BCUT2D eigenvalue weighted by molar-refractivity contribution is 7.89. The van der Waals surface area contributed by atoms with Gasteiger partial charge in [-0.1, -0.05) is 6.07 Å². The van der Waals surface area contributed by atoms with Crippen LogP contribution in [-0.2, 0) is 16.6 Å². The SMILES string of the molecule is Cc1c(C(=O)O)cccc1S(=O)(=O)NCc1cncs1. The molecule has 0 saturated carbocycles. The number of benzene rings is 1. The molecule has 2 aromatic rings. The molecule has 0 aliphatic carbocycles. The molecule has 0 saturated heterocycles. The lowest BCUT2D eigenvalue weighted by molar-refractivity contribution is 0.0696. The van der Waals surface area contributed by atoms with Crippen LogP contribution in [0.25, 0.3) is 0 Å². The molecule has 1 aromatic carbocycles. The van der Waals surface area contributed by atoms with Crippen molar-refractivity contribution in [3.8, 4) is 0 Å². The molecule has 0 fully saturated rings. The summed E-state index contributed by atoms with van der Waals surface area (Å²) in [6.07, 6.45) is 1.58. The summed E-state index contributed by atoms with van der Waals surface area (Å²) in [6.45, 7) is 1.61. The lowest BCUT2D eigenvalue weighted by Gasteiger charge is -2.10. The predicted octanol–water partition coefficient (Wildman–Crippen LogP) is 1.63. The van der Waals surface area contributed by atoms with Gasteiger partial charge in [-0.3, -0.25) is 4.98 Å². The molecule has 106 valence electrons. The molecule has 1 aromatic heterocycles. The highest BCUT2D eigenvalue weighted by atomic mass is 32.2. The molecule has 0 aliphatic rings. The van der Waals surface area contributed by atoms with E-state index in [1.54, 1.807) is 11.7 Å². The summed E-state index contributed by atoms with van der Waals surface area (Å²) in [6, 6.07) is 4.17. The first-order valence-corrected chi connectivity index (χ1v) is 7.98. The maximum atomic E-state index is 12.2. The van der Waals surface area contributed by atoms with Crippen molar-refractivity contribution in [3.63, 3.8) is 0 Å². The largest absolute Gasteiger partial charge is 0.478 e. The monoisotopic (exact) mass is 312 g/mol. The van der Waals surface area contributed by atoms with E-state index in [2.05, 4.69) is 9.71 Å². The minimum atomic E-state index is -3.76. The second-order valence-corrected chi connectivity index (χ2v) is 6.73. The first-order chi connectivity index (χ1) is 9.42. The fourth-order valence-electron chi connectivity index (χ4n) is 1.71. The molecule has 0 bridgehead atoms. The van der Waals surface area contributed by atoms with Crippen molar-refractivity contribution in [2.45, 2.75) is 18.4 Å². The summed E-state index contributed by atoms with van der Waals surface area (Å²) < 4.78 is 26.8. The Morgan fingerprint density at radius 1 is 1.45 bits per heavy atom. The molecule has 0 amide bonds. The van der Waals surface area contributed by atoms with Gasteiger partial charge in [-0.25, -0.2) is 17.9 Å². The van der Waals surface area contributed by atoms with Gasteiger partial charge in [0, 0.05) is 17.6 Å². The maximum Gasteiger partial charge on any atom is 0.335 e. The molecule has 0 unspecified atom stereocenters. The van der Waals surface area contributed by atoms with Crippen LogP contribution in [0.4, 0.5) is 0 Å². The van der Waals surface area contributed by atoms with Gasteiger partial charge in [-0.2, -0.15) is 0 Å². The van der Waals surface area contributed by atoms with Crippen LogP contribution in [0.1, 0.15) is 20.8 Å². The fourth-order valence-corrected chi connectivity index (χ4v) is 3.61. The van der Waals surface area contributed by atoms with Crippen molar-refractivity contribution < 1.29 is 18.3 Å². The van der Waals surface area contributed by atoms with E-state index < -0.39 is 16.0 Å². The van der Waals surface area contributed by atoms with Crippen molar-refractivity contribution in [2.24, 2.45) is 0 Å². The zero-order chi connectivity index (χ0) is 14.8. The minimum Gasteiger partial charge on any atom is -0.478 e. The third kappa shape index (κ3) is 3.03. The van der Waals surface area contributed by atoms with Gasteiger partial charge in [0.2, 0.25) is 10.0 Å². The number of aromatic nitrogens is 1. The Kier molecular flexibility index (Phi) is 4.17. The summed E-state index contributed by atoms with van der Waals surface area (Å²) in [4.78, 5) is 15.6. The van der Waals surface area contributed by atoms with Gasteiger partial charge in [-0.15, -0.1) is 11.3 Å².